The summed E-state index contributed by atoms with van der Waals surface area (Å²) in [6, 6.07) is 10.5. The molecule has 10 heteroatoms. The number of carbonyl (C=O) groups excluding carboxylic acids is 1. The Hall–Kier alpha value is -2.59. The fourth-order valence-corrected chi connectivity index (χ4v) is 4.61. The average Bonchev–Trinajstić information content (AvgIpc) is 2.73. The molecule has 0 radical (unpaired) electrons. The molecule has 6 nitrogen and oxygen atoms in total. The van der Waals surface area contributed by atoms with Gasteiger partial charge in [0.25, 0.3) is 0 Å². The second-order valence-corrected chi connectivity index (χ2v) is 8.62. The van der Waals surface area contributed by atoms with Gasteiger partial charge in [-0.1, -0.05) is 6.07 Å². The topological polar surface area (TPSA) is 66.9 Å². The first kappa shape index (κ1) is 22.1. The molecule has 0 unspecified atom stereocenters. The van der Waals surface area contributed by atoms with E-state index in [0.717, 1.165) is 12.1 Å². The summed E-state index contributed by atoms with van der Waals surface area (Å²) in [6.07, 6.45) is -4.43. The van der Waals surface area contributed by atoms with Crippen LogP contribution < -0.4 is 4.90 Å². The van der Waals surface area contributed by atoms with E-state index in [9.17, 15) is 26.4 Å². The summed E-state index contributed by atoms with van der Waals surface area (Å²) in [5.41, 5.74) is -0.0810. The predicted molar refractivity (Wildman–Crippen MR) is 105 cm³/mol. The van der Waals surface area contributed by atoms with Gasteiger partial charge in [-0.05, 0) is 49.4 Å². The molecule has 2 aromatic rings. The van der Waals surface area contributed by atoms with Gasteiger partial charge in [0.1, 0.15) is 0 Å². The quantitative estimate of drug-likeness (QED) is 0.664. The monoisotopic (exact) mass is 442 g/mol. The number of nitrogens with zero attached hydrogens (tertiary/aromatic N) is 2. The smallest absolute Gasteiger partial charge is 0.416 e. The van der Waals surface area contributed by atoms with Crippen LogP contribution in [0.5, 0.6) is 0 Å². The Balaban J connectivity index is 1.69. The van der Waals surface area contributed by atoms with Gasteiger partial charge in [0, 0.05) is 31.9 Å². The highest BCUT2D eigenvalue weighted by Gasteiger charge is 2.32. The molecule has 1 heterocycles. The normalized spacial score (nSPS) is 15.8. The molecule has 0 spiro atoms. The maximum atomic E-state index is 12.9. The van der Waals surface area contributed by atoms with E-state index in [1.807, 2.05) is 0 Å². The van der Waals surface area contributed by atoms with Gasteiger partial charge in [-0.3, -0.25) is 0 Å². The largest absolute Gasteiger partial charge is 0.462 e. The van der Waals surface area contributed by atoms with Gasteiger partial charge in [0.2, 0.25) is 10.0 Å². The number of ether oxygens (including phenoxy) is 1. The van der Waals surface area contributed by atoms with Crippen LogP contribution in [-0.4, -0.2) is 51.5 Å². The Kier molecular flexibility index (Phi) is 6.37. The van der Waals surface area contributed by atoms with Crippen molar-refractivity contribution in [3.05, 3.63) is 59.7 Å². The second kappa shape index (κ2) is 8.65. The number of benzene rings is 2. The molecule has 0 atom stereocenters. The summed E-state index contributed by atoms with van der Waals surface area (Å²) in [4.78, 5) is 13.5. The lowest BCUT2D eigenvalue weighted by Crippen LogP contribution is -2.48. The van der Waals surface area contributed by atoms with E-state index in [1.54, 1.807) is 17.9 Å². The van der Waals surface area contributed by atoms with Crippen LogP contribution in [0.4, 0.5) is 18.9 Å². The lowest BCUT2D eigenvalue weighted by molar-refractivity contribution is -0.137. The number of sulfonamides is 1. The molecule has 0 amide bonds. The van der Waals surface area contributed by atoms with Gasteiger partial charge in [0.05, 0.1) is 22.6 Å². The Morgan fingerprint density at radius 2 is 1.67 bits per heavy atom. The van der Waals surface area contributed by atoms with Crippen molar-refractivity contribution in [1.29, 1.82) is 0 Å². The van der Waals surface area contributed by atoms with Crippen LogP contribution in [0.15, 0.2) is 53.4 Å². The van der Waals surface area contributed by atoms with E-state index in [4.69, 9.17) is 4.74 Å². The summed E-state index contributed by atoms with van der Waals surface area (Å²) < 4.78 is 70.7. The number of carbonyl (C=O) groups is 1. The number of piperazine rings is 1. The van der Waals surface area contributed by atoms with Crippen LogP contribution in [0.2, 0.25) is 0 Å². The predicted octanol–water partition coefficient (Wildman–Crippen LogP) is 3.39. The van der Waals surface area contributed by atoms with Crippen molar-refractivity contribution >= 4 is 21.7 Å². The zero-order valence-corrected chi connectivity index (χ0v) is 17.0. The average molecular weight is 442 g/mol. The number of hydrogen-bond donors (Lipinski definition) is 0. The minimum Gasteiger partial charge on any atom is -0.462 e. The van der Waals surface area contributed by atoms with Gasteiger partial charge in [-0.15, -0.1) is 0 Å². The third-order valence-corrected chi connectivity index (χ3v) is 6.69. The van der Waals surface area contributed by atoms with Crippen molar-refractivity contribution in [2.75, 3.05) is 37.7 Å². The standard InChI is InChI=1S/C20H21F3N2O4S/c1-2-29-19(26)15-6-8-18(9-7-15)30(27,28)25-12-10-24(11-13-25)17-5-3-4-16(14-17)20(21,22)23/h3-9,14H,2,10-13H2,1H3. The molecule has 162 valence electrons. The van der Waals surface area contributed by atoms with Crippen molar-refractivity contribution in [3.63, 3.8) is 0 Å². The third-order valence-electron chi connectivity index (χ3n) is 4.78. The molecule has 1 fully saturated rings. The van der Waals surface area contributed by atoms with Gasteiger partial charge < -0.3 is 9.64 Å². The molecule has 30 heavy (non-hydrogen) atoms. The van der Waals surface area contributed by atoms with Crippen molar-refractivity contribution in [2.45, 2.75) is 18.0 Å². The van der Waals surface area contributed by atoms with E-state index in [0.29, 0.717) is 5.69 Å². The first-order valence-corrected chi connectivity index (χ1v) is 10.8. The fourth-order valence-electron chi connectivity index (χ4n) is 3.19. The highest BCUT2D eigenvalue weighted by atomic mass is 32.2. The summed E-state index contributed by atoms with van der Waals surface area (Å²) in [6.45, 7) is 2.70. The zero-order chi connectivity index (χ0) is 21.9. The Bertz CT molecular complexity index is 999. The molecule has 1 aliphatic heterocycles. The zero-order valence-electron chi connectivity index (χ0n) is 16.2. The van der Waals surface area contributed by atoms with Gasteiger partial charge >= 0.3 is 12.1 Å². The Morgan fingerprint density at radius 3 is 2.23 bits per heavy atom. The number of hydrogen-bond acceptors (Lipinski definition) is 5. The SMILES string of the molecule is CCOC(=O)c1ccc(S(=O)(=O)N2CCN(c3cccc(C(F)(F)F)c3)CC2)cc1. The third kappa shape index (κ3) is 4.76. The first-order chi connectivity index (χ1) is 14.1. The number of halogens is 3. The van der Waals surface area contributed by atoms with E-state index in [2.05, 4.69) is 0 Å². The second-order valence-electron chi connectivity index (χ2n) is 6.68. The maximum Gasteiger partial charge on any atom is 0.416 e. The maximum absolute atomic E-state index is 12.9. The highest BCUT2D eigenvalue weighted by Crippen LogP contribution is 2.32. The summed E-state index contributed by atoms with van der Waals surface area (Å²) in [7, 11) is -3.78. The molecule has 3 rings (SSSR count). The molecular weight excluding hydrogens is 421 g/mol. The summed E-state index contributed by atoms with van der Waals surface area (Å²) in [5.74, 6) is -0.531. The summed E-state index contributed by atoms with van der Waals surface area (Å²) in [5, 5.41) is 0. The minimum absolute atomic E-state index is 0.0445. The number of esters is 1. The van der Waals surface area contributed by atoms with Gasteiger partial charge in [-0.25, -0.2) is 13.2 Å². The minimum atomic E-state index is -4.43. The molecule has 1 saturated heterocycles. The number of alkyl halides is 3. The van der Waals surface area contributed by atoms with E-state index in [1.165, 1.54) is 34.6 Å². The van der Waals surface area contributed by atoms with Crippen molar-refractivity contribution < 1.29 is 31.1 Å². The molecule has 0 aliphatic carbocycles. The number of anilines is 1. The lowest BCUT2D eigenvalue weighted by atomic mass is 10.1. The Labute approximate surface area is 172 Å². The molecule has 0 N–H and O–H groups in total. The van der Waals surface area contributed by atoms with Crippen LogP contribution in [0.1, 0.15) is 22.8 Å². The fraction of sp³-hybridized carbons (Fsp3) is 0.350. The van der Waals surface area contributed by atoms with E-state index >= 15 is 0 Å². The lowest BCUT2D eigenvalue weighted by Gasteiger charge is -2.35. The van der Waals surface area contributed by atoms with Crippen molar-refractivity contribution in [1.82, 2.24) is 4.31 Å². The molecule has 2 aromatic carbocycles. The van der Waals surface area contributed by atoms with Crippen molar-refractivity contribution in [3.8, 4) is 0 Å². The van der Waals surface area contributed by atoms with Crippen LogP contribution in [-0.2, 0) is 20.9 Å². The van der Waals surface area contributed by atoms with E-state index < -0.39 is 27.7 Å². The van der Waals surface area contributed by atoms with E-state index in [-0.39, 0.29) is 43.2 Å². The van der Waals surface area contributed by atoms with Gasteiger partial charge in [0.15, 0.2) is 0 Å². The van der Waals surface area contributed by atoms with Crippen LogP contribution in [0.3, 0.4) is 0 Å². The number of rotatable bonds is 5. The first-order valence-electron chi connectivity index (χ1n) is 9.32. The van der Waals surface area contributed by atoms with Gasteiger partial charge in [-0.2, -0.15) is 17.5 Å². The van der Waals surface area contributed by atoms with Crippen LogP contribution in [0, 0.1) is 0 Å². The van der Waals surface area contributed by atoms with Crippen LogP contribution in [0.25, 0.3) is 0 Å². The highest BCUT2D eigenvalue weighted by molar-refractivity contribution is 7.89. The molecule has 1 aliphatic rings. The van der Waals surface area contributed by atoms with Crippen LogP contribution >= 0.6 is 0 Å². The molecule has 0 aromatic heterocycles. The summed E-state index contributed by atoms with van der Waals surface area (Å²) >= 11 is 0. The Morgan fingerprint density at radius 1 is 1.03 bits per heavy atom. The molecule has 0 saturated carbocycles. The van der Waals surface area contributed by atoms with Crippen molar-refractivity contribution in [2.24, 2.45) is 0 Å². The molecule has 0 bridgehead atoms. The molecular formula is C20H21F3N2O4S.